The number of carbonyl (C=O) groups is 1. The van der Waals surface area contributed by atoms with Gasteiger partial charge in [0.2, 0.25) is 0 Å². The zero-order valence-corrected chi connectivity index (χ0v) is 9.86. The molecule has 0 unspecified atom stereocenters. The maximum absolute atomic E-state index is 10.6. The number of piperidine rings is 1. The summed E-state index contributed by atoms with van der Waals surface area (Å²) in [6.45, 7) is 2.80. The van der Waals surface area contributed by atoms with E-state index in [1.54, 1.807) is 12.4 Å². The van der Waals surface area contributed by atoms with Crippen molar-refractivity contribution in [2.75, 3.05) is 13.1 Å². The largest absolute Gasteiger partial charge is 0.303 e. The van der Waals surface area contributed by atoms with Gasteiger partial charge in [-0.05, 0) is 37.6 Å². The highest BCUT2D eigenvalue weighted by Crippen LogP contribution is 2.20. The van der Waals surface area contributed by atoms with Gasteiger partial charge in [-0.3, -0.25) is 9.88 Å². The molecule has 0 atom stereocenters. The lowest BCUT2D eigenvalue weighted by molar-refractivity contribution is -0.112. The van der Waals surface area contributed by atoms with Crippen molar-refractivity contribution in [3.05, 3.63) is 29.0 Å². The van der Waals surface area contributed by atoms with Gasteiger partial charge < -0.3 is 4.79 Å². The van der Waals surface area contributed by atoms with E-state index < -0.39 is 0 Å². The zero-order chi connectivity index (χ0) is 11.4. The first kappa shape index (κ1) is 11.6. The molecule has 1 saturated heterocycles. The van der Waals surface area contributed by atoms with Crippen LogP contribution in [0.2, 0.25) is 5.02 Å². The van der Waals surface area contributed by atoms with Crippen molar-refractivity contribution in [3.63, 3.8) is 0 Å². The van der Waals surface area contributed by atoms with Crippen molar-refractivity contribution >= 4 is 17.9 Å². The predicted molar refractivity (Wildman–Crippen MR) is 63.3 cm³/mol. The fourth-order valence-electron chi connectivity index (χ4n) is 2.02. The van der Waals surface area contributed by atoms with Crippen LogP contribution in [0.15, 0.2) is 18.5 Å². The summed E-state index contributed by atoms with van der Waals surface area (Å²) in [4.78, 5) is 16.9. The average Bonchev–Trinajstić information content (AvgIpc) is 2.33. The van der Waals surface area contributed by atoms with E-state index in [-0.39, 0.29) is 5.92 Å². The second kappa shape index (κ2) is 5.41. The van der Waals surface area contributed by atoms with E-state index in [0.717, 1.165) is 49.3 Å². The first-order valence-electron chi connectivity index (χ1n) is 5.55. The fourth-order valence-corrected chi connectivity index (χ4v) is 2.20. The summed E-state index contributed by atoms with van der Waals surface area (Å²) in [5.41, 5.74) is 1.11. The van der Waals surface area contributed by atoms with Gasteiger partial charge in [0, 0.05) is 24.9 Å². The first-order chi connectivity index (χ1) is 7.79. The summed E-state index contributed by atoms with van der Waals surface area (Å²) in [5.74, 6) is 0.254. The van der Waals surface area contributed by atoms with Crippen LogP contribution in [0.5, 0.6) is 0 Å². The molecule has 2 rings (SSSR count). The Bertz CT molecular complexity index is 362. The van der Waals surface area contributed by atoms with Crippen LogP contribution in [-0.4, -0.2) is 29.3 Å². The molecule has 1 aromatic rings. The smallest absolute Gasteiger partial charge is 0.123 e. The molecule has 0 aromatic carbocycles. The highest BCUT2D eigenvalue weighted by molar-refractivity contribution is 6.31. The molecule has 0 radical (unpaired) electrons. The van der Waals surface area contributed by atoms with Crippen LogP contribution < -0.4 is 0 Å². The third-order valence-corrected chi connectivity index (χ3v) is 3.42. The van der Waals surface area contributed by atoms with Crippen LogP contribution in [-0.2, 0) is 11.3 Å². The number of aldehydes is 1. The Morgan fingerprint density at radius 1 is 1.50 bits per heavy atom. The molecular weight excluding hydrogens is 224 g/mol. The molecule has 0 N–H and O–H groups in total. The molecule has 86 valence electrons. The second-order valence-electron chi connectivity index (χ2n) is 4.22. The van der Waals surface area contributed by atoms with Gasteiger partial charge in [0.15, 0.2) is 0 Å². The lowest BCUT2D eigenvalue weighted by atomic mass is 9.98. The monoisotopic (exact) mass is 238 g/mol. The van der Waals surface area contributed by atoms with Gasteiger partial charge in [-0.2, -0.15) is 0 Å². The van der Waals surface area contributed by atoms with Crippen LogP contribution in [0.3, 0.4) is 0 Å². The quantitative estimate of drug-likeness (QED) is 0.757. The summed E-state index contributed by atoms with van der Waals surface area (Å²) in [5, 5.41) is 0.722. The zero-order valence-electron chi connectivity index (χ0n) is 9.10. The topological polar surface area (TPSA) is 33.2 Å². The highest BCUT2D eigenvalue weighted by atomic mass is 35.5. The van der Waals surface area contributed by atoms with E-state index in [1.807, 2.05) is 6.07 Å². The Hall–Kier alpha value is -0.930. The van der Waals surface area contributed by atoms with Crippen LogP contribution >= 0.6 is 11.6 Å². The van der Waals surface area contributed by atoms with Crippen LogP contribution in [0, 0.1) is 5.92 Å². The Labute approximate surface area is 100 Å². The van der Waals surface area contributed by atoms with Gasteiger partial charge in [-0.25, -0.2) is 0 Å². The average molecular weight is 239 g/mol. The number of carbonyl (C=O) groups excluding carboxylic acids is 1. The fraction of sp³-hybridized carbons (Fsp3) is 0.500. The third kappa shape index (κ3) is 2.80. The lowest BCUT2D eigenvalue weighted by Gasteiger charge is -2.29. The molecule has 1 fully saturated rings. The lowest BCUT2D eigenvalue weighted by Crippen LogP contribution is -2.33. The van der Waals surface area contributed by atoms with Crippen molar-refractivity contribution in [2.24, 2.45) is 5.92 Å². The molecule has 1 aliphatic heterocycles. The minimum Gasteiger partial charge on any atom is -0.303 e. The van der Waals surface area contributed by atoms with Crippen LogP contribution in [0.25, 0.3) is 0 Å². The van der Waals surface area contributed by atoms with E-state index >= 15 is 0 Å². The van der Waals surface area contributed by atoms with E-state index in [4.69, 9.17) is 11.6 Å². The minimum atomic E-state index is 0.254. The number of rotatable bonds is 3. The first-order valence-corrected chi connectivity index (χ1v) is 5.93. The number of hydrogen-bond donors (Lipinski definition) is 0. The van der Waals surface area contributed by atoms with Crippen molar-refractivity contribution in [2.45, 2.75) is 19.4 Å². The predicted octanol–water partition coefficient (Wildman–Crippen LogP) is 2.15. The molecule has 3 nitrogen and oxygen atoms in total. The number of nitrogens with zero attached hydrogens (tertiary/aromatic N) is 2. The van der Waals surface area contributed by atoms with Gasteiger partial charge in [0.1, 0.15) is 6.29 Å². The van der Waals surface area contributed by atoms with E-state index in [1.165, 1.54) is 0 Å². The second-order valence-corrected chi connectivity index (χ2v) is 4.62. The molecule has 2 heterocycles. The summed E-state index contributed by atoms with van der Waals surface area (Å²) in [7, 11) is 0. The number of pyridine rings is 1. The van der Waals surface area contributed by atoms with Gasteiger partial charge in [-0.15, -0.1) is 0 Å². The minimum absolute atomic E-state index is 0.254. The normalized spacial score (nSPS) is 18.6. The highest BCUT2D eigenvalue weighted by Gasteiger charge is 2.18. The molecule has 0 saturated carbocycles. The summed E-state index contributed by atoms with van der Waals surface area (Å²) in [6, 6.07) is 1.95. The Morgan fingerprint density at radius 3 is 2.88 bits per heavy atom. The maximum Gasteiger partial charge on any atom is 0.123 e. The van der Waals surface area contributed by atoms with Gasteiger partial charge in [0.05, 0.1) is 5.02 Å². The molecular formula is C12H15ClN2O. The molecule has 0 spiro atoms. The third-order valence-electron chi connectivity index (χ3n) is 3.08. The van der Waals surface area contributed by atoms with Crippen molar-refractivity contribution in [1.29, 1.82) is 0 Å². The maximum atomic E-state index is 10.6. The standard InChI is InChI=1S/C12H15ClN2O/c13-12-7-14-4-1-11(12)8-15-5-2-10(9-16)3-6-15/h1,4,7,9-10H,2-3,5-6,8H2. The van der Waals surface area contributed by atoms with Gasteiger partial charge in [0.25, 0.3) is 0 Å². The number of hydrogen-bond acceptors (Lipinski definition) is 3. The van der Waals surface area contributed by atoms with Gasteiger partial charge >= 0.3 is 0 Å². The van der Waals surface area contributed by atoms with Crippen LogP contribution in [0.4, 0.5) is 0 Å². The van der Waals surface area contributed by atoms with Crippen molar-refractivity contribution in [3.8, 4) is 0 Å². The summed E-state index contributed by atoms with van der Waals surface area (Å²) < 4.78 is 0. The van der Waals surface area contributed by atoms with Gasteiger partial charge in [-0.1, -0.05) is 11.6 Å². The Balaban J connectivity index is 1.92. The summed E-state index contributed by atoms with van der Waals surface area (Å²) in [6.07, 6.45) is 6.45. The van der Waals surface area contributed by atoms with Crippen LogP contribution in [0.1, 0.15) is 18.4 Å². The van der Waals surface area contributed by atoms with E-state index in [0.29, 0.717) is 0 Å². The molecule has 0 amide bonds. The molecule has 1 aliphatic rings. The SMILES string of the molecule is O=CC1CCN(Cc2ccncc2Cl)CC1. The van der Waals surface area contributed by atoms with Crippen molar-refractivity contribution in [1.82, 2.24) is 9.88 Å². The number of aromatic nitrogens is 1. The molecule has 4 heteroatoms. The van der Waals surface area contributed by atoms with Crippen molar-refractivity contribution < 1.29 is 4.79 Å². The molecule has 16 heavy (non-hydrogen) atoms. The Kier molecular flexibility index (Phi) is 3.91. The Morgan fingerprint density at radius 2 is 2.25 bits per heavy atom. The number of likely N-dealkylation sites (tertiary alicyclic amines) is 1. The summed E-state index contributed by atoms with van der Waals surface area (Å²) >= 11 is 6.05. The molecule has 1 aromatic heterocycles. The molecule has 0 aliphatic carbocycles. The van der Waals surface area contributed by atoms with E-state index in [2.05, 4.69) is 9.88 Å². The molecule has 0 bridgehead atoms. The van der Waals surface area contributed by atoms with E-state index in [9.17, 15) is 4.79 Å². The number of halogens is 1.